The van der Waals surface area contributed by atoms with Gasteiger partial charge in [-0.15, -0.1) is 0 Å². The Morgan fingerprint density at radius 1 is 1.44 bits per heavy atom. The molecule has 0 aromatic rings. The number of rotatable bonds is 1. The van der Waals surface area contributed by atoms with Crippen LogP contribution in [0.5, 0.6) is 0 Å². The van der Waals surface area contributed by atoms with E-state index in [1.165, 1.54) is 25.9 Å². The number of hydrogen-bond donors (Lipinski definition) is 1. The maximum absolute atomic E-state index is 9.17. The van der Waals surface area contributed by atoms with Gasteiger partial charge >= 0.3 is 0 Å². The van der Waals surface area contributed by atoms with Crippen LogP contribution in [0.15, 0.2) is 0 Å². The van der Waals surface area contributed by atoms with Crippen LogP contribution in [-0.4, -0.2) is 19.4 Å². The van der Waals surface area contributed by atoms with Gasteiger partial charge in [-0.05, 0) is 25.9 Å². The van der Waals surface area contributed by atoms with Gasteiger partial charge in [0, 0.05) is 6.42 Å². The molecule has 0 radical (unpaired) electrons. The average molecular weight is 129 g/mol. The minimum absolute atomic E-state index is 0.639. The number of nitrogens with one attached hydrogen (secondary N) is 1. The van der Waals surface area contributed by atoms with Gasteiger partial charge in [0.15, 0.2) is 0 Å². The van der Waals surface area contributed by atoms with Crippen molar-refractivity contribution in [2.24, 2.45) is 0 Å². The largest absolute Gasteiger partial charge is 0.317 e. The fourth-order valence-corrected chi connectivity index (χ4v) is 0.625. The monoisotopic (exact) mass is 129 g/mol. The third-order valence-corrected chi connectivity index (χ3v) is 1.12. The van der Waals surface area contributed by atoms with Crippen molar-refractivity contribution in [3.63, 3.8) is 0 Å². The predicted molar refractivity (Wildman–Crippen MR) is 38.5 cm³/mol. The van der Waals surface area contributed by atoms with Crippen molar-refractivity contribution in [2.45, 2.75) is 26.2 Å². The molecule has 0 unspecified atom stereocenters. The lowest BCUT2D eigenvalue weighted by molar-refractivity contribution is -0.107. The van der Waals surface area contributed by atoms with Gasteiger partial charge in [0.2, 0.25) is 0 Å². The van der Waals surface area contributed by atoms with Crippen molar-refractivity contribution in [3.05, 3.63) is 0 Å². The molecular formula is C7H15NO. The molecule has 0 bridgehead atoms. The number of carbonyl (C=O) groups excluding carboxylic acids is 1. The maximum atomic E-state index is 9.17. The van der Waals surface area contributed by atoms with E-state index in [0.29, 0.717) is 6.42 Å². The van der Waals surface area contributed by atoms with Gasteiger partial charge in [-0.25, -0.2) is 0 Å². The minimum Gasteiger partial charge on any atom is -0.317 e. The van der Waals surface area contributed by atoms with Gasteiger partial charge in [0.25, 0.3) is 0 Å². The Labute approximate surface area is 56.6 Å². The smallest absolute Gasteiger partial charge is 0.119 e. The van der Waals surface area contributed by atoms with Gasteiger partial charge in [-0.3, -0.25) is 0 Å². The standard InChI is InChI=1S/C4H9N.C3H6O/c1-2-4-5-3-1;1-2-3-4/h5H,1-4H2;3H,2H2,1H3. The van der Waals surface area contributed by atoms with Crippen molar-refractivity contribution in [1.29, 1.82) is 0 Å². The Kier molecular flexibility index (Phi) is 7.32. The summed E-state index contributed by atoms with van der Waals surface area (Å²) in [6, 6.07) is 0. The first-order chi connectivity index (χ1) is 4.41. The first kappa shape index (κ1) is 8.63. The van der Waals surface area contributed by atoms with E-state index in [1.807, 2.05) is 6.92 Å². The van der Waals surface area contributed by atoms with Gasteiger partial charge in [-0.2, -0.15) is 0 Å². The highest BCUT2D eigenvalue weighted by Crippen LogP contribution is 1.90. The Morgan fingerprint density at radius 2 is 1.89 bits per heavy atom. The highest BCUT2D eigenvalue weighted by atomic mass is 16.1. The quantitative estimate of drug-likeness (QED) is 0.534. The van der Waals surface area contributed by atoms with Crippen molar-refractivity contribution >= 4 is 6.29 Å². The lowest BCUT2D eigenvalue weighted by atomic mass is 10.4. The molecule has 0 atom stereocenters. The van der Waals surface area contributed by atoms with Gasteiger partial charge < -0.3 is 10.1 Å². The van der Waals surface area contributed by atoms with Gasteiger partial charge in [0.1, 0.15) is 6.29 Å². The van der Waals surface area contributed by atoms with E-state index >= 15 is 0 Å². The van der Waals surface area contributed by atoms with Crippen LogP contribution in [-0.2, 0) is 4.79 Å². The maximum Gasteiger partial charge on any atom is 0.119 e. The SMILES string of the molecule is C1CCNC1.CCC=O. The van der Waals surface area contributed by atoms with Crippen LogP contribution in [0.2, 0.25) is 0 Å². The molecule has 0 aromatic heterocycles. The molecule has 1 aliphatic heterocycles. The Hall–Kier alpha value is -0.370. The lowest BCUT2D eigenvalue weighted by Crippen LogP contribution is -2.03. The summed E-state index contributed by atoms with van der Waals surface area (Å²) < 4.78 is 0. The highest BCUT2D eigenvalue weighted by Gasteiger charge is 1.93. The lowest BCUT2D eigenvalue weighted by Gasteiger charge is -1.76. The van der Waals surface area contributed by atoms with Crippen molar-refractivity contribution in [2.75, 3.05) is 13.1 Å². The zero-order chi connectivity index (χ0) is 6.95. The number of aldehydes is 1. The summed E-state index contributed by atoms with van der Waals surface area (Å²) in [6.45, 7) is 4.31. The molecule has 0 aliphatic carbocycles. The van der Waals surface area contributed by atoms with Crippen LogP contribution in [0.3, 0.4) is 0 Å². The van der Waals surface area contributed by atoms with Crippen LogP contribution in [0.25, 0.3) is 0 Å². The van der Waals surface area contributed by atoms with Gasteiger partial charge in [-0.1, -0.05) is 6.92 Å². The first-order valence-corrected chi connectivity index (χ1v) is 3.56. The van der Waals surface area contributed by atoms with E-state index in [0.717, 1.165) is 6.29 Å². The molecule has 1 saturated heterocycles. The molecule has 0 saturated carbocycles. The molecule has 0 aromatic carbocycles. The van der Waals surface area contributed by atoms with E-state index in [1.54, 1.807) is 0 Å². The molecule has 9 heavy (non-hydrogen) atoms. The van der Waals surface area contributed by atoms with E-state index in [9.17, 15) is 4.79 Å². The van der Waals surface area contributed by atoms with Crippen LogP contribution in [0, 0.1) is 0 Å². The molecular weight excluding hydrogens is 114 g/mol. The highest BCUT2D eigenvalue weighted by molar-refractivity contribution is 5.48. The first-order valence-electron chi connectivity index (χ1n) is 3.56. The number of carbonyl (C=O) groups is 1. The van der Waals surface area contributed by atoms with Crippen LogP contribution >= 0.6 is 0 Å². The summed E-state index contributed by atoms with van der Waals surface area (Å²) in [5.74, 6) is 0. The zero-order valence-electron chi connectivity index (χ0n) is 6.02. The van der Waals surface area contributed by atoms with Gasteiger partial charge in [0.05, 0.1) is 0 Å². The third-order valence-electron chi connectivity index (χ3n) is 1.12. The normalized spacial score (nSPS) is 16.1. The third kappa shape index (κ3) is 7.63. The minimum atomic E-state index is 0.639. The molecule has 1 aliphatic rings. The van der Waals surface area contributed by atoms with Crippen LogP contribution in [0.1, 0.15) is 26.2 Å². The number of hydrogen-bond acceptors (Lipinski definition) is 2. The summed E-state index contributed by atoms with van der Waals surface area (Å²) in [7, 11) is 0. The van der Waals surface area contributed by atoms with Crippen LogP contribution < -0.4 is 5.32 Å². The fraction of sp³-hybridized carbons (Fsp3) is 0.857. The molecule has 1 N–H and O–H groups in total. The Morgan fingerprint density at radius 3 is 2.00 bits per heavy atom. The summed E-state index contributed by atoms with van der Waals surface area (Å²) in [6.07, 6.45) is 4.29. The summed E-state index contributed by atoms with van der Waals surface area (Å²) >= 11 is 0. The molecule has 1 heterocycles. The van der Waals surface area contributed by atoms with E-state index in [4.69, 9.17) is 0 Å². The summed E-state index contributed by atoms with van der Waals surface area (Å²) in [5.41, 5.74) is 0. The Balaban J connectivity index is 0.000000148. The predicted octanol–water partition coefficient (Wildman–Crippen LogP) is 0.965. The molecule has 0 spiro atoms. The molecule has 2 heteroatoms. The molecule has 2 nitrogen and oxygen atoms in total. The fourth-order valence-electron chi connectivity index (χ4n) is 0.625. The molecule has 54 valence electrons. The van der Waals surface area contributed by atoms with Crippen molar-refractivity contribution < 1.29 is 4.79 Å². The summed E-state index contributed by atoms with van der Waals surface area (Å²) in [4.78, 5) is 9.17. The van der Waals surface area contributed by atoms with Crippen molar-refractivity contribution in [3.8, 4) is 0 Å². The molecule has 0 amide bonds. The second kappa shape index (κ2) is 7.63. The van der Waals surface area contributed by atoms with Crippen molar-refractivity contribution in [1.82, 2.24) is 5.32 Å². The molecule has 1 fully saturated rings. The zero-order valence-corrected chi connectivity index (χ0v) is 6.02. The van der Waals surface area contributed by atoms with E-state index in [-0.39, 0.29) is 0 Å². The molecule has 1 rings (SSSR count). The van der Waals surface area contributed by atoms with E-state index < -0.39 is 0 Å². The second-order valence-corrected chi connectivity index (χ2v) is 2.03. The summed E-state index contributed by atoms with van der Waals surface area (Å²) in [5, 5.41) is 3.22. The van der Waals surface area contributed by atoms with Crippen LogP contribution in [0.4, 0.5) is 0 Å². The topological polar surface area (TPSA) is 29.1 Å². The average Bonchev–Trinajstić information content (AvgIpc) is 2.43. The second-order valence-electron chi connectivity index (χ2n) is 2.03. The van der Waals surface area contributed by atoms with E-state index in [2.05, 4.69) is 5.32 Å². The Bertz CT molecular complexity index is 52.3.